The van der Waals surface area contributed by atoms with Gasteiger partial charge in [-0.15, -0.1) is 5.10 Å². The molecule has 2 aromatic rings. The average molecular weight is 328 g/mol. The maximum atomic E-state index is 4.62. The molecule has 0 saturated carbocycles. The molecule has 1 aliphatic rings. The molecule has 0 N–H and O–H groups in total. The second-order valence-electron chi connectivity index (χ2n) is 7.93. The topological polar surface area (TPSA) is 59.7 Å². The van der Waals surface area contributed by atoms with Crippen LogP contribution in [0.4, 0.5) is 5.82 Å². The zero-order valence-corrected chi connectivity index (χ0v) is 15.5. The zero-order chi connectivity index (χ0) is 17.3. The number of aryl methyl sites for hydroxylation is 2. The molecule has 0 aromatic carbocycles. The minimum absolute atomic E-state index is 0.0595. The summed E-state index contributed by atoms with van der Waals surface area (Å²) in [7, 11) is 0. The molecular formula is C18H28N6. The van der Waals surface area contributed by atoms with Crippen LogP contribution in [-0.4, -0.2) is 38.1 Å². The van der Waals surface area contributed by atoms with Gasteiger partial charge in [-0.3, -0.25) is 4.68 Å². The van der Waals surface area contributed by atoms with E-state index in [1.165, 1.54) is 0 Å². The Bertz CT molecular complexity index is 692. The van der Waals surface area contributed by atoms with E-state index in [1.807, 2.05) is 17.8 Å². The highest BCUT2D eigenvalue weighted by Gasteiger charge is 2.23. The van der Waals surface area contributed by atoms with E-state index < -0.39 is 0 Å². The van der Waals surface area contributed by atoms with Gasteiger partial charge in [0.15, 0.2) is 0 Å². The van der Waals surface area contributed by atoms with Crippen molar-refractivity contribution < 1.29 is 0 Å². The summed E-state index contributed by atoms with van der Waals surface area (Å²) < 4.78 is 2.01. The van der Waals surface area contributed by atoms with Crippen molar-refractivity contribution in [1.29, 1.82) is 0 Å². The molecule has 0 spiro atoms. The number of piperidine rings is 1. The molecule has 0 amide bonds. The van der Waals surface area contributed by atoms with E-state index in [2.05, 4.69) is 59.1 Å². The number of aromatic nitrogens is 5. The lowest BCUT2D eigenvalue weighted by atomic mass is 9.93. The van der Waals surface area contributed by atoms with E-state index in [4.69, 9.17) is 0 Å². The Morgan fingerprint density at radius 2 is 1.88 bits per heavy atom. The van der Waals surface area contributed by atoms with Crippen LogP contribution < -0.4 is 4.90 Å². The molecule has 0 radical (unpaired) electrons. The first-order chi connectivity index (χ1) is 11.3. The number of nitrogens with zero attached hydrogens (tertiary/aromatic N) is 6. The lowest BCUT2D eigenvalue weighted by molar-refractivity contribution is 0.338. The van der Waals surface area contributed by atoms with E-state index in [0.29, 0.717) is 5.92 Å². The normalized spacial score (nSPS) is 16.6. The van der Waals surface area contributed by atoms with Gasteiger partial charge in [0.25, 0.3) is 0 Å². The van der Waals surface area contributed by atoms with Crippen LogP contribution in [0.25, 0.3) is 0 Å². The Balaban J connectivity index is 1.59. The van der Waals surface area contributed by atoms with Crippen molar-refractivity contribution in [1.82, 2.24) is 25.0 Å². The van der Waals surface area contributed by atoms with E-state index in [-0.39, 0.29) is 5.41 Å². The van der Waals surface area contributed by atoms with Crippen LogP contribution >= 0.6 is 0 Å². The van der Waals surface area contributed by atoms with Crippen molar-refractivity contribution in [2.45, 2.75) is 59.4 Å². The first-order valence-electron chi connectivity index (χ1n) is 8.79. The molecule has 0 unspecified atom stereocenters. The minimum atomic E-state index is 0.0595. The molecule has 0 bridgehead atoms. The van der Waals surface area contributed by atoms with E-state index >= 15 is 0 Å². The summed E-state index contributed by atoms with van der Waals surface area (Å²) in [5, 5.41) is 8.63. The van der Waals surface area contributed by atoms with Crippen LogP contribution in [0.2, 0.25) is 0 Å². The predicted molar refractivity (Wildman–Crippen MR) is 95.2 cm³/mol. The largest absolute Gasteiger partial charge is 0.356 e. The molecule has 130 valence electrons. The highest BCUT2D eigenvalue weighted by Crippen LogP contribution is 2.25. The predicted octanol–water partition coefficient (Wildman–Crippen LogP) is 2.90. The van der Waals surface area contributed by atoms with Crippen LogP contribution in [0.1, 0.15) is 50.7 Å². The standard InChI is InChI=1S/C18H28N6/c1-13-10-19-14(2)20-17(13)23-8-6-15(7-9-23)11-24-12-16(21-22-24)18(3,4)5/h10,12,15H,6-9,11H2,1-5H3. The fraction of sp³-hybridized carbons (Fsp3) is 0.667. The quantitative estimate of drug-likeness (QED) is 0.867. The summed E-state index contributed by atoms with van der Waals surface area (Å²) in [6.07, 6.45) is 6.35. The Morgan fingerprint density at radius 1 is 1.17 bits per heavy atom. The van der Waals surface area contributed by atoms with Gasteiger partial charge in [0, 0.05) is 43.0 Å². The van der Waals surface area contributed by atoms with E-state index in [1.54, 1.807) is 0 Å². The van der Waals surface area contributed by atoms with Crippen molar-refractivity contribution >= 4 is 5.82 Å². The van der Waals surface area contributed by atoms with Gasteiger partial charge in [-0.05, 0) is 32.6 Å². The lowest BCUT2D eigenvalue weighted by Crippen LogP contribution is -2.36. The zero-order valence-electron chi connectivity index (χ0n) is 15.5. The molecule has 3 rings (SSSR count). The van der Waals surface area contributed by atoms with Crippen molar-refractivity contribution in [2.24, 2.45) is 5.92 Å². The molecule has 1 fully saturated rings. The number of hydrogen-bond acceptors (Lipinski definition) is 5. The van der Waals surface area contributed by atoms with Gasteiger partial charge in [0.05, 0.1) is 5.69 Å². The fourth-order valence-electron chi connectivity index (χ4n) is 3.16. The van der Waals surface area contributed by atoms with Gasteiger partial charge in [0.1, 0.15) is 11.6 Å². The monoisotopic (exact) mass is 328 g/mol. The third-order valence-corrected chi connectivity index (χ3v) is 4.73. The average Bonchev–Trinajstić information content (AvgIpc) is 2.99. The molecule has 0 atom stereocenters. The second kappa shape index (κ2) is 6.49. The highest BCUT2D eigenvalue weighted by molar-refractivity contribution is 5.45. The van der Waals surface area contributed by atoms with Gasteiger partial charge < -0.3 is 4.90 Å². The third-order valence-electron chi connectivity index (χ3n) is 4.73. The summed E-state index contributed by atoms with van der Waals surface area (Å²) in [5.74, 6) is 2.59. The molecule has 1 aliphatic heterocycles. The Kier molecular flexibility index (Phi) is 4.56. The molecule has 3 heterocycles. The van der Waals surface area contributed by atoms with Gasteiger partial charge in [-0.25, -0.2) is 9.97 Å². The van der Waals surface area contributed by atoms with Crippen molar-refractivity contribution in [3.63, 3.8) is 0 Å². The summed E-state index contributed by atoms with van der Waals surface area (Å²) in [6.45, 7) is 13.6. The number of anilines is 1. The highest BCUT2D eigenvalue weighted by atomic mass is 15.4. The van der Waals surface area contributed by atoms with Crippen LogP contribution in [0.3, 0.4) is 0 Å². The SMILES string of the molecule is Cc1ncc(C)c(N2CCC(Cn3cc(C(C)(C)C)nn3)CC2)n1. The summed E-state index contributed by atoms with van der Waals surface area (Å²) >= 11 is 0. The van der Waals surface area contributed by atoms with E-state index in [0.717, 1.165) is 55.4 Å². The number of rotatable bonds is 3. The molecule has 24 heavy (non-hydrogen) atoms. The second-order valence-corrected chi connectivity index (χ2v) is 7.93. The maximum absolute atomic E-state index is 4.62. The molecule has 6 heteroatoms. The Morgan fingerprint density at radius 3 is 2.50 bits per heavy atom. The first kappa shape index (κ1) is 16.9. The van der Waals surface area contributed by atoms with Gasteiger partial charge in [0.2, 0.25) is 0 Å². The maximum Gasteiger partial charge on any atom is 0.135 e. The van der Waals surface area contributed by atoms with Crippen LogP contribution in [0, 0.1) is 19.8 Å². The first-order valence-corrected chi connectivity index (χ1v) is 8.79. The van der Waals surface area contributed by atoms with Crippen LogP contribution in [0.15, 0.2) is 12.4 Å². The third kappa shape index (κ3) is 3.74. The fourth-order valence-corrected chi connectivity index (χ4v) is 3.16. The summed E-state index contributed by atoms with van der Waals surface area (Å²) in [5.41, 5.74) is 2.28. The molecule has 2 aromatic heterocycles. The van der Waals surface area contributed by atoms with Crippen molar-refractivity contribution in [3.8, 4) is 0 Å². The smallest absolute Gasteiger partial charge is 0.135 e. The van der Waals surface area contributed by atoms with Gasteiger partial charge in [-0.2, -0.15) is 0 Å². The van der Waals surface area contributed by atoms with Crippen molar-refractivity contribution in [3.05, 3.63) is 29.5 Å². The molecule has 0 aliphatic carbocycles. The lowest BCUT2D eigenvalue weighted by Gasteiger charge is -2.33. The van der Waals surface area contributed by atoms with Gasteiger partial charge >= 0.3 is 0 Å². The molecule has 1 saturated heterocycles. The molecule has 6 nitrogen and oxygen atoms in total. The van der Waals surface area contributed by atoms with E-state index in [9.17, 15) is 0 Å². The Labute approximate surface area is 144 Å². The van der Waals surface area contributed by atoms with Crippen molar-refractivity contribution in [2.75, 3.05) is 18.0 Å². The number of hydrogen-bond donors (Lipinski definition) is 0. The Hall–Kier alpha value is -1.98. The van der Waals surface area contributed by atoms with Crippen LogP contribution in [0.5, 0.6) is 0 Å². The van der Waals surface area contributed by atoms with Crippen LogP contribution in [-0.2, 0) is 12.0 Å². The molecular weight excluding hydrogens is 300 g/mol. The summed E-state index contributed by atoms with van der Waals surface area (Å²) in [6, 6.07) is 0. The van der Waals surface area contributed by atoms with Gasteiger partial charge in [-0.1, -0.05) is 26.0 Å². The summed E-state index contributed by atoms with van der Waals surface area (Å²) in [4.78, 5) is 11.3. The minimum Gasteiger partial charge on any atom is -0.356 e.